The van der Waals surface area contributed by atoms with Crippen LogP contribution in [0.25, 0.3) is 10.9 Å². The average molecular weight is 399 g/mol. The number of benzene rings is 2. The van der Waals surface area contributed by atoms with Gasteiger partial charge in [-0.05, 0) is 43.7 Å². The molecule has 0 bridgehead atoms. The summed E-state index contributed by atoms with van der Waals surface area (Å²) in [7, 11) is 0. The molecule has 0 aliphatic heterocycles. The van der Waals surface area contributed by atoms with Crippen molar-refractivity contribution in [2.75, 3.05) is 0 Å². The third-order valence-corrected chi connectivity index (χ3v) is 4.66. The molecule has 0 spiro atoms. The maximum Gasteiger partial charge on any atom is 0.252 e. The van der Waals surface area contributed by atoms with E-state index in [2.05, 4.69) is 26.2 Å². The Bertz CT molecular complexity index is 909. The minimum atomic E-state index is -0.786. The number of aromatic nitrogens is 1. The highest BCUT2D eigenvalue weighted by Gasteiger charge is 2.20. The van der Waals surface area contributed by atoms with E-state index < -0.39 is 12.1 Å². The van der Waals surface area contributed by atoms with Crippen molar-refractivity contribution >= 4 is 32.7 Å². The molecular formula is C20H19BrN2O2. The summed E-state index contributed by atoms with van der Waals surface area (Å²) in [6.45, 7) is 3.66. The van der Waals surface area contributed by atoms with E-state index in [4.69, 9.17) is 0 Å². The van der Waals surface area contributed by atoms with Gasteiger partial charge >= 0.3 is 0 Å². The van der Waals surface area contributed by atoms with Crippen LogP contribution in [0.5, 0.6) is 0 Å². The predicted octanol–water partition coefficient (Wildman–Crippen LogP) is 4.16. The van der Waals surface area contributed by atoms with E-state index in [0.717, 1.165) is 26.6 Å². The number of hydrogen-bond acceptors (Lipinski definition) is 3. The highest BCUT2D eigenvalue weighted by atomic mass is 79.9. The first kappa shape index (κ1) is 17.6. The maximum absolute atomic E-state index is 12.8. The number of para-hydroxylation sites is 1. The number of aliphatic hydroxyl groups excluding tert-OH is 1. The lowest BCUT2D eigenvalue weighted by molar-refractivity contribution is 0.0853. The second kappa shape index (κ2) is 7.33. The largest absolute Gasteiger partial charge is 0.386 e. The molecule has 0 saturated heterocycles. The standard InChI is InChI=1S/C20H19BrN2O2/c1-12-11-17(16-5-3-4-6-18(16)22-12)20(25)23-13(2)19(24)14-7-9-15(21)10-8-14/h3-11,13,19,24H,1-2H3,(H,23,25)/t13-,19+/m0/s1. The zero-order valence-corrected chi connectivity index (χ0v) is 15.6. The molecule has 0 aliphatic rings. The molecular weight excluding hydrogens is 380 g/mol. The number of amides is 1. The van der Waals surface area contributed by atoms with Crippen molar-refractivity contribution in [3.63, 3.8) is 0 Å². The molecule has 128 valence electrons. The first-order chi connectivity index (χ1) is 12.0. The van der Waals surface area contributed by atoms with Gasteiger partial charge in [0.15, 0.2) is 0 Å². The second-order valence-corrected chi connectivity index (χ2v) is 7.00. The predicted molar refractivity (Wildman–Crippen MR) is 103 cm³/mol. The lowest BCUT2D eigenvalue weighted by Crippen LogP contribution is -2.37. The summed E-state index contributed by atoms with van der Waals surface area (Å²) in [5.41, 5.74) is 2.89. The quantitative estimate of drug-likeness (QED) is 0.693. The fourth-order valence-electron chi connectivity index (χ4n) is 2.81. The van der Waals surface area contributed by atoms with E-state index in [1.807, 2.05) is 55.5 Å². The summed E-state index contributed by atoms with van der Waals surface area (Å²) in [5, 5.41) is 14.2. The van der Waals surface area contributed by atoms with Crippen LogP contribution >= 0.6 is 15.9 Å². The number of halogens is 1. The molecule has 0 radical (unpaired) electrons. The number of aryl methyl sites for hydroxylation is 1. The van der Waals surface area contributed by atoms with Gasteiger partial charge in [0.1, 0.15) is 0 Å². The highest BCUT2D eigenvalue weighted by Crippen LogP contribution is 2.21. The Labute approximate surface area is 155 Å². The molecule has 1 aromatic heterocycles. The van der Waals surface area contributed by atoms with Gasteiger partial charge < -0.3 is 10.4 Å². The minimum Gasteiger partial charge on any atom is -0.386 e. The van der Waals surface area contributed by atoms with Crippen molar-refractivity contribution in [2.45, 2.75) is 26.0 Å². The lowest BCUT2D eigenvalue weighted by atomic mass is 10.0. The molecule has 1 heterocycles. The Morgan fingerprint density at radius 1 is 1.16 bits per heavy atom. The number of nitrogens with zero attached hydrogens (tertiary/aromatic N) is 1. The van der Waals surface area contributed by atoms with Gasteiger partial charge in [0.25, 0.3) is 5.91 Å². The fourth-order valence-corrected chi connectivity index (χ4v) is 3.07. The van der Waals surface area contributed by atoms with E-state index in [-0.39, 0.29) is 5.91 Å². The monoisotopic (exact) mass is 398 g/mol. The zero-order valence-electron chi connectivity index (χ0n) is 14.0. The summed E-state index contributed by atoms with van der Waals surface area (Å²) in [4.78, 5) is 17.2. The van der Waals surface area contributed by atoms with Gasteiger partial charge in [-0.15, -0.1) is 0 Å². The van der Waals surface area contributed by atoms with Gasteiger partial charge in [-0.2, -0.15) is 0 Å². The lowest BCUT2D eigenvalue weighted by Gasteiger charge is -2.21. The van der Waals surface area contributed by atoms with Crippen molar-refractivity contribution < 1.29 is 9.90 Å². The van der Waals surface area contributed by atoms with E-state index in [0.29, 0.717) is 5.56 Å². The van der Waals surface area contributed by atoms with E-state index in [1.54, 1.807) is 13.0 Å². The number of fused-ring (bicyclic) bond motifs is 1. The molecule has 4 nitrogen and oxygen atoms in total. The van der Waals surface area contributed by atoms with Crippen LogP contribution in [-0.2, 0) is 0 Å². The third kappa shape index (κ3) is 3.89. The van der Waals surface area contributed by atoms with Gasteiger partial charge in [-0.25, -0.2) is 0 Å². The zero-order chi connectivity index (χ0) is 18.0. The van der Waals surface area contributed by atoms with Crippen molar-refractivity contribution in [1.29, 1.82) is 0 Å². The number of aliphatic hydroxyl groups is 1. The minimum absolute atomic E-state index is 0.217. The second-order valence-electron chi connectivity index (χ2n) is 6.09. The third-order valence-electron chi connectivity index (χ3n) is 4.13. The van der Waals surface area contributed by atoms with Crippen LogP contribution in [-0.4, -0.2) is 22.0 Å². The van der Waals surface area contributed by atoms with Crippen molar-refractivity contribution in [1.82, 2.24) is 10.3 Å². The number of rotatable bonds is 4. The molecule has 0 aliphatic carbocycles. The number of pyridine rings is 1. The van der Waals surface area contributed by atoms with Crippen LogP contribution in [0.4, 0.5) is 0 Å². The summed E-state index contributed by atoms with van der Waals surface area (Å²) < 4.78 is 0.943. The SMILES string of the molecule is Cc1cc(C(=O)N[C@@H](C)[C@@H](O)c2ccc(Br)cc2)c2ccccc2n1. The van der Waals surface area contributed by atoms with Gasteiger partial charge in [0.05, 0.1) is 23.2 Å². The van der Waals surface area contributed by atoms with Crippen LogP contribution in [0, 0.1) is 6.92 Å². The van der Waals surface area contributed by atoms with Gasteiger partial charge in [0, 0.05) is 15.6 Å². The highest BCUT2D eigenvalue weighted by molar-refractivity contribution is 9.10. The molecule has 3 aromatic rings. The molecule has 0 unspecified atom stereocenters. The summed E-state index contributed by atoms with van der Waals surface area (Å²) >= 11 is 3.37. The Balaban J connectivity index is 1.83. The van der Waals surface area contributed by atoms with Gasteiger partial charge in [-0.3, -0.25) is 9.78 Å². The number of carbonyl (C=O) groups is 1. The molecule has 0 fully saturated rings. The topological polar surface area (TPSA) is 62.2 Å². The van der Waals surface area contributed by atoms with Crippen LogP contribution in [0.1, 0.15) is 34.6 Å². The number of nitrogens with one attached hydrogen (secondary N) is 1. The molecule has 2 N–H and O–H groups in total. The van der Waals surface area contributed by atoms with Crippen LogP contribution < -0.4 is 5.32 Å². The Morgan fingerprint density at radius 2 is 1.84 bits per heavy atom. The fraction of sp³-hybridized carbons (Fsp3) is 0.200. The molecule has 25 heavy (non-hydrogen) atoms. The molecule has 2 aromatic carbocycles. The molecule has 3 rings (SSSR count). The molecule has 1 amide bonds. The van der Waals surface area contributed by atoms with Crippen LogP contribution in [0.3, 0.4) is 0 Å². The normalized spacial score (nSPS) is 13.4. The van der Waals surface area contributed by atoms with E-state index in [9.17, 15) is 9.90 Å². The molecule has 5 heteroatoms. The molecule has 2 atom stereocenters. The van der Waals surface area contributed by atoms with Gasteiger partial charge in [0.2, 0.25) is 0 Å². The van der Waals surface area contributed by atoms with E-state index in [1.165, 1.54) is 0 Å². The smallest absolute Gasteiger partial charge is 0.252 e. The Kier molecular flexibility index (Phi) is 5.16. The summed E-state index contributed by atoms with van der Waals surface area (Å²) in [6.07, 6.45) is -0.786. The van der Waals surface area contributed by atoms with Crippen LogP contribution in [0.2, 0.25) is 0 Å². The number of carbonyl (C=O) groups excluding carboxylic acids is 1. The van der Waals surface area contributed by atoms with Crippen molar-refractivity contribution in [3.05, 3.63) is 75.9 Å². The van der Waals surface area contributed by atoms with Crippen LogP contribution in [0.15, 0.2) is 59.1 Å². The average Bonchev–Trinajstić information content (AvgIpc) is 2.60. The Morgan fingerprint density at radius 3 is 2.56 bits per heavy atom. The maximum atomic E-state index is 12.8. The number of hydrogen-bond donors (Lipinski definition) is 2. The van der Waals surface area contributed by atoms with Crippen molar-refractivity contribution in [3.8, 4) is 0 Å². The Hall–Kier alpha value is -2.24. The summed E-state index contributed by atoms with van der Waals surface area (Å²) in [5.74, 6) is -0.217. The van der Waals surface area contributed by atoms with Gasteiger partial charge in [-0.1, -0.05) is 46.3 Å². The summed E-state index contributed by atoms with van der Waals surface area (Å²) in [6, 6.07) is 16.3. The first-order valence-corrected chi connectivity index (χ1v) is 8.86. The molecule has 0 saturated carbocycles. The first-order valence-electron chi connectivity index (χ1n) is 8.06. The van der Waals surface area contributed by atoms with Crippen molar-refractivity contribution in [2.24, 2.45) is 0 Å². The van der Waals surface area contributed by atoms with E-state index >= 15 is 0 Å².